The number of methoxy groups -OCH3 is 1. The molecule has 10 heteroatoms. The molecule has 1 amide bonds. The van der Waals surface area contributed by atoms with Crippen LogP contribution in [0.3, 0.4) is 0 Å². The van der Waals surface area contributed by atoms with Gasteiger partial charge in [0.2, 0.25) is 0 Å². The first-order valence-electron chi connectivity index (χ1n) is 11.5. The Hall–Kier alpha value is -4.04. The molecule has 0 atom stereocenters. The first kappa shape index (κ1) is 28.0. The van der Waals surface area contributed by atoms with Crippen LogP contribution in [0.2, 0.25) is 15.1 Å². The topological polar surface area (TPSA) is 86.2 Å². The second kappa shape index (κ2) is 13.2. The number of benzene rings is 4. The van der Waals surface area contributed by atoms with Crippen LogP contribution in [-0.2, 0) is 6.61 Å². The van der Waals surface area contributed by atoms with E-state index in [1.54, 1.807) is 84.9 Å². The first-order chi connectivity index (χ1) is 18.8. The maximum Gasteiger partial charge on any atom is 0.345 e. The third-order valence-corrected chi connectivity index (χ3v) is 6.31. The lowest BCUT2D eigenvalue weighted by Crippen LogP contribution is -2.17. The highest BCUT2D eigenvalue weighted by molar-refractivity contribution is 6.35. The van der Waals surface area contributed by atoms with Gasteiger partial charge in [-0.15, -0.1) is 0 Å². The highest BCUT2D eigenvalue weighted by Crippen LogP contribution is 2.29. The largest absolute Gasteiger partial charge is 0.493 e. The Morgan fingerprint density at radius 2 is 1.64 bits per heavy atom. The summed E-state index contributed by atoms with van der Waals surface area (Å²) in [6.45, 7) is 0.257. The van der Waals surface area contributed by atoms with Gasteiger partial charge in [-0.05, 0) is 72.3 Å². The highest BCUT2D eigenvalue weighted by Gasteiger charge is 2.15. The summed E-state index contributed by atoms with van der Waals surface area (Å²) in [5.41, 5.74) is 4.49. The highest BCUT2D eigenvalue weighted by atomic mass is 35.5. The number of hydrogen-bond acceptors (Lipinski definition) is 6. The van der Waals surface area contributed by atoms with E-state index in [1.165, 1.54) is 13.3 Å². The van der Waals surface area contributed by atoms with Crippen LogP contribution < -0.4 is 19.6 Å². The van der Waals surface area contributed by atoms with Crippen molar-refractivity contribution < 1.29 is 23.8 Å². The van der Waals surface area contributed by atoms with Crippen molar-refractivity contribution in [2.45, 2.75) is 6.61 Å². The van der Waals surface area contributed by atoms with E-state index in [2.05, 4.69) is 10.5 Å². The second-order valence-electron chi connectivity index (χ2n) is 8.03. The maximum absolute atomic E-state index is 12.5. The van der Waals surface area contributed by atoms with Gasteiger partial charge in [-0.3, -0.25) is 4.79 Å². The zero-order valence-electron chi connectivity index (χ0n) is 20.5. The fourth-order valence-electron chi connectivity index (χ4n) is 3.36. The Kier molecular flexibility index (Phi) is 9.44. The van der Waals surface area contributed by atoms with Gasteiger partial charge >= 0.3 is 5.97 Å². The lowest BCUT2D eigenvalue weighted by molar-refractivity contribution is 0.0729. The summed E-state index contributed by atoms with van der Waals surface area (Å²) in [5, 5.41) is 5.34. The molecule has 198 valence electrons. The zero-order valence-corrected chi connectivity index (χ0v) is 22.8. The van der Waals surface area contributed by atoms with Crippen LogP contribution in [0.5, 0.6) is 17.2 Å². The molecule has 0 saturated heterocycles. The van der Waals surface area contributed by atoms with Crippen molar-refractivity contribution in [2.75, 3.05) is 7.11 Å². The number of rotatable bonds is 9. The minimum Gasteiger partial charge on any atom is -0.493 e. The molecule has 4 aromatic rings. The Bertz CT molecular complexity index is 1520. The summed E-state index contributed by atoms with van der Waals surface area (Å²) in [5.74, 6) is 0.0717. The van der Waals surface area contributed by atoms with E-state index in [4.69, 9.17) is 49.0 Å². The molecule has 0 aliphatic heterocycles. The molecular formula is C29H21Cl3N2O5. The molecule has 0 heterocycles. The van der Waals surface area contributed by atoms with Crippen LogP contribution >= 0.6 is 34.8 Å². The smallest absolute Gasteiger partial charge is 0.345 e. The van der Waals surface area contributed by atoms with Crippen molar-refractivity contribution in [3.8, 4) is 17.2 Å². The van der Waals surface area contributed by atoms with Gasteiger partial charge in [0, 0.05) is 21.2 Å². The Balaban J connectivity index is 1.33. The standard InChI is InChI=1S/C29H21Cl3N2O5/c1-37-27-14-18(6-13-26(27)39-29(36)23-4-2-3-5-24(23)31)16-33-34-28(35)19-8-11-22(12-9-19)38-17-20-7-10-21(30)15-25(20)32/h2-16H,17H2,1H3,(H,34,35)/b33-16+. The van der Waals surface area contributed by atoms with Crippen LogP contribution in [0.1, 0.15) is 31.8 Å². The number of carbonyl (C=O) groups is 2. The Labute approximate surface area is 239 Å². The third-order valence-electron chi connectivity index (χ3n) is 5.39. The number of nitrogens with one attached hydrogen (secondary N) is 1. The van der Waals surface area contributed by atoms with Gasteiger partial charge in [0.25, 0.3) is 5.91 Å². The van der Waals surface area contributed by atoms with E-state index < -0.39 is 11.9 Å². The molecule has 0 aromatic heterocycles. The molecule has 7 nitrogen and oxygen atoms in total. The molecule has 0 bridgehead atoms. The zero-order chi connectivity index (χ0) is 27.8. The lowest BCUT2D eigenvalue weighted by atomic mass is 10.2. The molecule has 1 N–H and O–H groups in total. The first-order valence-corrected chi connectivity index (χ1v) is 12.6. The SMILES string of the molecule is COc1cc(/C=N/NC(=O)c2ccc(OCc3ccc(Cl)cc3Cl)cc2)ccc1OC(=O)c1ccccc1Cl. The summed E-state index contributed by atoms with van der Waals surface area (Å²) in [6.07, 6.45) is 1.44. The molecule has 0 aliphatic rings. The van der Waals surface area contributed by atoms with Crippen LogP contribution in [-0.4, -0.2) is 25.2 Å². The summed E-state index contributed by atoms with van der Waals surface area (Å²) in [7, 11) is 1.45. The van der Waals surface area contributed by atoms with E-state index in [0.29, 0.717) is 32.7 Å². The molecule has 0 unspecified atom stereocenters. The second-order valence-corrected chi connectivity index (χ2v) is 9.28. The molecule has 0 saturated carbocycles. The molecule has 0 aliphatic carbocycles. The monoisotopic (exact) mass is 582 g/mol. The van der Waals surface area contributed by atoms with Gasteiger partial charge in [0.05, 0.1) is 23.9 Å². The van der Waals surface area contributed by atoms with Crippen LogP contribution in [0.4, 0.5) is 0 Å². The van der Waals surface area contributed by atoms with E-state index >= 15 is 0 Å². The molecule has 0 radical (unpaired) electrons. The fraction of sp³-hybridized carbons (Fsp3) is 0.0690. The Morgan fingerprint density at radius 1 is 0.872 bits per heavy atom. The molecule has 4 rings (SSSR count). The van der Waals surface area contributed by atoms with Crippen molar-refractivity contribution in [1.29, 1.82) is 0 Å². The lowest BCUT2D eigenvalue weighted by Gasteiger charge is -2.10. The van der Waals surface area contributed by atoms with Crippen molar-refractivity contribution in [3.63, 3.8) is 0 Å². The molecular weight excluding hydrogens is 563 g/mol. The summed E-state index contributed by atoms with van der Waals surface area (Å²) < 4.78 is 16.5. The average Bonchev–Trinajstić information content (AvgIpc) is 2.93. The number of hydrogen-bond donors (Lipinski definition) is 1. The van der Waals surface area contributed by atoms with E-state index in [0.717, 1.165) is 5.56 Å². The van der Waals surface area contributed by atoms with Crippen molar-refractivity contribution in [1.82, 2.24) is 5.43 Å². The van der Waals surface area contributed by atoms with E-state index in [-0.39, 0.29) is 22.9 Å². The number of halogens is 3. The summed E-state index contributed by atoms with van der Waals surface area (Å²) >= 11 is 18.1. The summed E-state index contributed by atoms with van der Waals surface area (Å²) in [6, 6.07) is 23.2. The van der Waals surface area contributed by atoms with Gasteiger partial charge < -0.3 is 14.2 Å². The van der Waals surface area contributed by atoms with Gasteiger partial charge in [-0.25, -0.2) is 10.2 Å². The molecule has 0 spiro atoms. The van der Waals surface area contributed by atoms with Gasteiger partial charge in [-0.2, -0.15) is 5.10 Å². The number of amides is 1. The minimum atomic E-state index is -0.613. The number of carbonyl (C=O) groups excluding carboxylic acids is 2. The normalized spacial score (nSPS) is 10.8. The quantitative estimate of drug-likeness (QED) is 0.0973. The van der Waals surface area contributed by atoms with E-state index in [9.17, 15) is 9.59 Å². The number of hydrazone groups is 1. The molecule has 39 heavy (non-hydrogen) atoms. The number of esters is 1. The van der Waals surface area contributed by atoms with Crippen molar-refractivity contribution in [2.24, 2.45) is 5.10 Å². The summed E-state index contributed by atoms with van der Waals surface area (Å²) in [4.78, 5) is 24.9. The van der Waals surface area contributed by atoms with Gasteiger partial charge in [0.1, 0.15) is 12.4 Å². The third kappa shape index (κ3) is 7.51. The van der Waals surface area contributed by atoms with Gasteiger partial charge in [-0.1, -0.05) is 53.0 Å². The number of ether oxygens (including phenoxy) is 3. The average molecular weight is 584 g/mol. The molecule has 4 aromatic carbocycles. The minimum absolute atomic E-state index is 0.212. The fourth-order valence-corrected chi connectivity index (χ4v) is 4.04. The van der Waals surface area contributed by atoms with Crippen molar-refractivity contribution in [3.05, 3.63) is 122 Å². The van der Waals surface area contributed by atoms with Gasteiger partial charge in [0.15, 0.2) is 11.5 Å². The number of nitrogens with zero attached hydrogens (tertiary/aromatic N) is 1. The van der Waals surface area contributed by atoms with E-state index in [1.807, 2.05) is 0 Å². The maximum atomic E-state index is 12.5. The molecule has 0 fully saturated rings. The van der Waals surface area contributed by atoms with Crippen LogP contribution in [0.25, 0.3) is 0 Å². The predicted octanol–water partition coefficient (Wildman–Crippen LogP) is 7.22. The van der Waals surface area contributed by atoms with Crippen LogP contribution in [0.15, 0.2) is 90.0 Å². The van der Waals surface area contributed by atoms with Crippen LogP contribution in [0, 0.1) is 0 Å². The Morgan fingerprint density at radius 3 is 2.36 bits per heavy atom. The van der Waals surface area contributed by atoms with Crippen molar-refractivity contribution >= 4 is 52.9 Å². The predicted molar refractivity (Wildman–Crippen MR) is 152 cm³/mol.